The number of aromatic nitrogens is 2. The highest BCUT2D eigenvalue weighted by molar-refractivity contribution is 7.99. The molecule has 174 valence electrons. The largest absolute Gasteiger partial charge is 0.383 e. The maximum atomic E-state index is 13.6. The average Bonchev–Trinajstić information content (AvgIpc) is 3.47. The third-order valence-corrected chi connectivity index (χ3v) is 8.02. The van der Waals surface area contributed by atoms with Crippen molar-refractivity contribution in [3.05, 3.63) is 74.9 Å². The van der Waals surface area contributed by atoms with E-state index < -0.39 is 0 Å². The minimum Gasteiger partial charge on any atom is -0.383 e. The fourth-order valence-electron chi connectivity index (χ4n) is 4.18. The SMILES string of the molecule is COCCn1c(SCC(=O)N2CCc3ccccc32)nc2scc(-c3ccccc3Cl)c2c1=O. The molecular formula is C25H22ClN3O3S2. The van der Waals surface area contributed by atoms with Crippen LogP contribution in [0.1, 0.15) is 5.56 Å². The molecule has 0 unspecified atom stereocenters. The van der Waals surface area contributed by atoms with E-state index in [1.165, 1.54) is 28.7 Å². The van der Waals surface area contributed by atoms with Gasteiger partial charge in [0.05, 0.1) is 24.3 Å². The normalized spacial score (nSPS) is 12.9. The molecule has 2 aromatic carbocycles. The first-order valence-electron chi connectivity index (χ1n) is 10.9. The predicted octanol–water partition coefficient (Wildman–Crippen LogP) is 5.11. The van der Waals surface area contributed by atoms with Gasteiger partial charge >= 0.3 is 0 Å². The zero-order valence-electron chi connectivity index (χ0n) is 18.5. The second-order valence-corrected chi connectivity index (χ2v) is 10.1. The molecule has 0 radical (unpaired) electrons. The van der Waals surface area contributed by atoms with Crippen molar-refractivity contribution in [2.45, 2.75) is 18.1 Å². The molecule has 34 heavy (non-hydrogen) atoms. The third-order valence-electron chi connectivity index (χ3n) is 5.85. The molecule has 0 saturated carbocycles. The van der Waals surface area contributed by atoms with Gasteiger partial charge in [-0.3, -0.25) is 14.2 Å². The monoisotopic (exact) mass is 511 g/mol. The molecule has 3 heterocycles. The summed E-state index contributed by atoms with van der Waals surface area (Å²) in [5.41, 5.74) is 3.57. The van der Waals surface area contributed by atoms with Gasteiger partial charge in [0.2, 0.25) is 5.91 Å². The Kier molecular flexibility index (Phi) is 6.74. The van der Waals surface area contributed by atoms with E-state index in [4.69, 9.17) is 21.3 Å². The van der Waals surface area contributed by atoms with E-state index in [1.54, 1.807) is 11.7 Å². The van der Waals surface area contributed by atoms with Crippen molar-refractivity contribution in [2.24, 2.45) is 0 Å². The number of fused-ring (bicyclic) bond motifs is 2. The molecule has 0 N–H and O–H groups in total. The number of carbonyl (C=O) groups excluding carboxylic acids is 1. The maximum absolute atomic E-state index is 13.6. The molecule has 6 nitrogen and oxygen atoms in total. The Morgan fingerprint density at radius 2 is 1.97 bits per heavy atom. The number of carbonyl (C=O) groups is 1. The van der Waals surface area contributed by atoms with Gasteiger partial charge in [0.15, 0.2) is 5.16 Å². The molecule has 1 aliphatic heterocycles. The topological polar surface area (TPSA) is 64.4 Å². The average molecular weight is 512 g/mol. The van der Waals surface area contributed by atoms with Crippen LogP contribution in [-0.4, -0.2) is 41.5 Å². The Labute approximate surface area is 210 Å². The van der Waals surface area contributed by atoms with Crippen molar-refractivity contribution in [3.63, 3.8) is 0 Å². The van der Waals surface area contributed by atoms with Crippen LogP contribution in [0.4, 0.5) is 5.69 Å². The molecule has 1 amide bonds. The summed E-state index contributed by atoms with van der Waals surface area (Å²) in [6, 6.07) is 15.4. The van der Waals surface area contributed by atoms with Gasteiger partial charge in [-0.25, -0.2) is 4.98 Å². The van der Waals surface area contributed by atoms with Gasteiger partial charge in [-0.2, -0.15) is 0 Å². The summed E-state index contributed by atoms with van der Waals surface area (Å²) in [6.45, 7) is 1.38. The lowest BCUT2D eigenvalue weighted by atomic mass is 10.1. The highest BCUT2D eigenvalue weighted by Crippen LogP contribution is 2.36. The summed E-state index contributed by atoms with van der Waals surface area (Å²) in [5, 5.41) is 3.56. The zero-order chi connectivity index (χ0) is 23.7. The molecule has 0 atom stereocenters. The van der Waals surface area contributed by atoms with Crippen LogP contribution in [0.15, 0.2) is 63.9 Å². The lowest BCUT2D eigenvalue weighted by Gasteiger charge is -2.18. The van der Waals surface area contributed by atoms with Crippen LogP contribution in [0.2, 0.25) is 5.02 Å². The molecule has 0 bridgehead atoms. The number of benzene rings is 2. The van der Waals surface area contributed by atoms with Crippen LogP contribution >= 0.6 is 34.7 Å². The number of hydrogen-bond donors (Lipinski definition) is 0. The smallest absolute Gasteiger partial charge is 0.263 e. The summed E-state index contributed by atoms with van der Waals surface area (Å²) in [5.74, 6) is 0.202. The molecule has 5 rings (SSSR count). The van der Waals surface area contributed by atoms with Gasteiger partial charge in [0, 0.05) is 40.9 Å². The number of para-hydroxylation sites is 1. The molecule has 2 aromatic heterocycles. The van der Waals surface area contributed by atoms with Crippen molar-refractivity contribution in [2.75, 3.05) is 30.9 Å². The second-order valence-electron chi connectivity index (χ2n) is 7.87. The number of halogens is 1. The van der Waals surface area contributed by atoms with Gasteiger partial charge in [-0.15, -0.1) is 11.3 Å². The van der Waals surface area contributed by atoms with E-state index in [0.717, 1.165) is 23.2 Å². The molecule has 4 aromatic rings. The van der Waals surface area contributed by atoms with E-state index in [9.17, 15) is 9.59 Å². The first-order chi connectivity index (χ1) is 16.6. The number of rotatable bonds is 7. The number of thiophene rings is 1. The van der Waals surface area contributed by atoms with E-state index in [-0.39, 0.29) is 17.2 Å². The van der Waals surface area contributed by atoms with Gasteiger partial charge in [0.1, 0.15) is 4.83 Å². The molecule has 9 heteroatoms. The van der Waals surface area contributed by atoms with Gasteiger partial charge < -0.3 is 9.64 Å². The molecule has 0 fully saturated rings. The zero-order valence-corrected chi connectivity index (χ0v) is 20.9. The van der Waals surface area contributed by atoms with Crippen molar-refractivity contribution < 1.29 is 9.53 Å². The van der Waals surface area contributed by atoms with Crippen molar-refractivity contribution in [1.29, 1.82) is 0 Å². The highest BCUT2D eigenvalue weighted by atomic mass is 35.5. The first kappa shape index (κ1) is 23.1. The van der Waals surface area contributed by atoms with E-state index in [1.807, 2.05) is 52.7 Å². The van der Waals surface area contributed by atoms with Crippen LogP contribution in [0, 0.1) is 0 Å². The Bertz CT molecular complexity index is 1430. The minimum atomic E-state index is -0.153. The lowest BCUT2D eigenvalue weighted by molar-refractivity contribution is -0.116. The minimum absolute atomic E-state index is 0.00511. The molecular weight excluding hydrogens is 490 g/mol. The summed E-state index contributed by atoms with van der Waals surface area (Å²) in [4.78, 5) is 33.9. The third kappa shape index (κ3) is 4.27. The quantitative estimate of drug-likeness (QED) is 0.255. The van der Waals surface area contributed by atoms with E-state index in [0.29, 0.717) is 40.1 Å². The fraction of sp³-hybridized carbons (Fsp3) is 0.240. The van der Waals surface area contributed by atoms with Gasteiger partial charge in [-0.1, -0.05) is 59.8 Å². The number of anilines is 1. The molecule has 0 aliphatic carbocycles. The standard InChI is InChI=1S/C25H22ClN3O3S2/c1-32-13-12-29-24(31)22-18(17-7-3-4-8-19(17)26)14-33-23(22)27-25(29)34-15-21(30)28-11-10-16-6-2-5-9-20(16)28/h2-9,14H,10-13,15H2,1H3. The van der Waals surface area contributed by atoms with Gasteiger partial charge in [0.25, 0.3) is 5.56 Å². The first-order valence-corrected chi connectivity index (χ1v) is 13.1. The van der Waals surface area contributed by atoms with E-state index >= 15 is 0 Å². The second kappa shape index (κ2) is 9.92. The predicted molar refractivity (Wildman–Crippen MR) is 139 cm³/mol. The van der Waals surface area contributed by atoms with Crippen LogP contribution in [0.3, 0.4) is 0 Å². The van der Waals surface area contributed by atoms with E-state index in [2.05, 4.69) is 6.07 Å². The summed E-state index contributed by atoms with van der Waals surface area (Å²) >= 11 is 9.11. The summed E-state index contributed by atoms with van der Waals surface area (Å²) < 4.78 is 6.84. The van der Waals surface area contributed by atoms with Crippen LogP contribution in [0.25, 0.3) is 21.3 Å². The number of amides is 1. The highest BCUT2D eigenvalue weighted by Gasteiger charge is 2.25. The fourth-order valence-corrected chi connectivity index (χ4v) is 6.29. The molecule has 0 saturated heterocycles. The Hall–Kier alpha value is -2.65. The maximum Gasteiger partial charge on any atom is 0.263 e. The number of hydrogen-bond acceptors (Lipinski definition) is 6. The Morgan fingerprint density at radius 1 is 1.18 bits per heavy atom. The van der Waals surface area contributed by atoms with Gasteiger partial charge in [-0.05, 0) is 24.1 Å². The van der Waals surface area contributed by atoms with Crippen LogP contribution in [-0.2, 0) is 22.5 Å². The van der Waals surface area contributed by atoms with Crippen molar-refractivity contribution >= 4 is 56.5 Å². The summed E-state index contributed by atoms with van der Waals surface area (Å²) in [7, 11) is 1.60. The lowest BCUT2D eigenvalue weighted by Crippen LogP contribution is -2.31. The number of ether oxygens (including phenoxy) is 1. The molecule has 1 aliphatic rings. The number of nitrogens with zero attached hydrogens (tertiary/aromatic N) is 3. The Balaban J connectivity index is 1.48. The van der Waals surface area contributed by atoms with Crippen molar-refractivity contribution in [1.82, 2.24) is 9.55 Å². The Morgan fingerprint density at radius 3 is 2.79 bits per heavy atom. The number of thioether (sulfide) groups is 1. The van der Waals surface area contributed by atoms with Crippen LogP contribution < -0.4 is 10.5 Å². The number of methoxy groups -OCH3 is 1. The van der Waals surface area contributed by atoms with Crippen LogP contribution in [0.5, 0.6) is 0 Å². The van der Waals surface area contributed by atoms with Crippen molar-refractivity contribution in [3.8, 4) is 11.1 Å². The molecule has 0 spiro atoms. The summed E-state index contributed by atoms with van der Waals surface area (Å²) in [6.07, 6.45) is 0.857.